The zero-order valence-electron chi connectivity index (χ0n) is 5.92. The van der Waals surface area contributed by atoms with Crippen molar-refractivity contribution in [2.75, 3.05) is 0 Å². The standard InChI is InChI=1S/C7H9FN2O/c1-5(7(9)10-11)3-4-6(2)8/h3-4,11H,1-2H2,(H2,9,10)/b4-3-. The maximum atomic E-state index is 12.0. The van der Waals surface area contributed by atoms with E-state index < -0.39 is 5.83 Å². The lowest BCUT2D eigenvalue weighted by Crippen LogP contribution is -2.12. The number of hydrogen-bond donors (Lipinski definition) is 2. The van der Waals surface area contributed by atoms with Gasteiger partial charge in [0.2, 0.25) is 0 Å². The van der Waals surface area contributed by atoms with Gasteiger partial charge in [-0.3, -0.25) is 0 Å². The van der Waals surface area contributed by atoms with E-state index in [2.05, 4.69) is 18.3 Å². The largest absolute Gasteiger partial charge is 0.409 e. The molecule has 0 aromatic heterocycles. The van der Waals surface area contributed by atoms with E-state index in [0.717, 1.165) is 6.08 Å². The Hall–Kier alpha value is -1.58. The molecule has 0 radical (unpaired) electrons. The molecule has 4 heteroatoms. The molecule has 0 aromatic rings. The van der Waals surface area contributed by atoms with Crippen molar-refractivity contribution in [3.63, 3.8) is 0 Å². The van der Waals surface area contributed by atoms with E-state index in [1.54, 1.807) is 0 Å². The Morgan fingerprint density at radius 2 is 2.00 bits per heavy atom. The summed E-state index contributed by atoms with van der Waals surface area (Å²) in [5, 5.41) is 10.8. The molecule has 0 aliphatic heterocycles. The van der Waals surface area contributed by atoms with Gasteiger partial charge in [0.15, 0.2) is 5.84 Å². The fraction of sp³-hybridized carbons (Fsp3) is 0. The molecule has 0 saturated carbocycles. The number of hydrogen-bond acceptors (Lipinski definition) is 2. The summed E-state index contributed by atoms with van der Waals surface area (Å²) in [6.07, 6.45) is 2.33. The molecule has 0 aromatic carbocycles. The van der Waals surface area contributed by atoms with E-state index in [4.69, 9.17) is 10.9 Å². The first-order valence-corrected chi connectivity index (χ1v) is 2.77. The molecule has 0 aliphatic carbocycles. The molecule has 0 atom stereocenters. The third-order valence-electron chi connectivity index (χ3n) is 0.902. The summed E-state index contributed by atoms with van der Waals surface area (Å²) in [7, 11) is 0. The lowest BCUT2D eigenvalue weighted by molar-refractivity contribution is 0.318. The van der Waals surface area contributed by atoms with Gasteiger partial charge in [0.05, 0.1) is 0 Å². The van der Waals surface area contributed by atoms with Gasteiger partial charge in [-0.05, 0) is 12.2 Å². The van der Waals surface area contributed by atoms with Gasteiger partial charge in [0.1, 0.15) is 5.83 Å². The van der Waals surface area contributed by atoms with Crippen LogP contribution in [0.25, 0.3) is 0 Å². The minimum Gasteiger partial charge on any atom is -0.409 e. The zero-order valence-corrected chi connectivity index (χ0v) is 5.92. The fourth-order valence-corrected chi connectivity index (χ4v) is 0.341. The van der Waals surface area contributed by atoms with Crippen molar-refractivity contribution in [3.8, 4) is 0 Å². The van der Waals surface area contributed by atoms with Crippen molar-refractivity contribution in [3.05, 3.63) is 36.7 Å². The van der Waals surface area contributed by atoms with Crippen molar-refractivity contribution in [1.82, 2.24) is 0 Å². The molecule has 3 nitrogen and oxygen atoms in total. The van der Waals surface area contributed by atoms with Crippen LogP contribution < -0.4 is 5.73 Å². The van der Waals surface area contributed by atoms with E-state index in [0.29, 0.717) is 0 Å². The molecular formula is C7H9FN2O. The van der Waals surface area contributed by atoms with Crippen molar-refractivity contribution in [2.24, 2.45) is 10.9 Å². The van der Waals surface area contributed by atoms with E-state index in [-0.39, 0.29) is 11.4 Å². The molecule has 0 bridgehead atoms. The van der Waals surface area contributed by atoms with Gasteiger partial charge < -0.3 is 10.9 Å². The molecule has 0 heterocycles. The monoisotopic (exact) mass is 156 g/mol. The van der Waals surface area contributed by atoms with Gasteiger partial charge in [-0.15, -0.1) is 0 Å². The first-order chi connectivity index (χ1) is 5.07. The molecule has 0 spiro atoms. The molecular weight excluding hydrogens is 147 g/mol. The number of amidine groups is 1. The summed E-state index contributed by atoms with van der Waals surface area (Å²) in [5.74, 6) is -0.764. The highest BCUT2D eigenvalue weighted by atomic mass is 19.1. The molecule has 0 saturated heterocycles. The van der Waals surface area contributed by atoms with Gasteiger partial charge in [0.25, 0.3) is 0 Å². The quantitative estimate of drug-likeness (QED) is 0.213. The average molecular weight is 156 g/mol. The third-order valence-corrected chi connectivity index (χ3v) is 0.902. The van der Waals surface area contributed by atoms with Crippen LogP contribution in [0.5, 0.6) is 0 Å². The molecule has 0 aliphatic rings. The Kier molecular flexibility index (Phi) is 3.66. The summed E-state index contributed by atoms with van der Waals surface area (Å²) in [6.45, 7) is 6.36. The topological polar surface area (TPSA) is 58.6 Å². The van der Waals surface area contributed by atoms with E-state index in [9.17, 15) is 4.39 Å². The summed E-state index contributed by atoms with van der Waals surface area (Å²) in [5.41, 5.74) is 5.33. The Bertz CT molecular complexity index is 231. The predicted octanol–water partition coefficient (Wildman–Crippen LogP) is 1.33. The van der Waals surface area contributed by atoms with Crippen LogP contribution in [0.4, 0.5) is 4.39 Å². The highest BCUT2D eigenvalue weighted by molar-refractivity contribution is 5.98. The van der Waals surface area contributed by atoms with Crippen LogP contribution in [0, 0.1) is 0 Å². The van der Waals surface area contributed by atoms with Crippen molar-refractivity contribution < 1.29 is 9.60 Å². The van der Waals surface area contributed by atoms with E-state index in [1.807, 2.05) is 0 Å². The van der Waals surface area contributed by atoms with Crippen LogP contribution in [0.2, 0.25) is 0 Å². The smallest absolute Gasteiger partial charge is 0.169 e. The number of nitrogens with zero attached hydrogens (tertiary/aromatic N) is 1. The van der Waals surface area contributed by atoms with Crippen LogP contribution in [0.1, 0.15) is 0 Å². The van der Waals surface area contributed by atoms with Crippen molar-refractivity contribution in [2.45, 2.75) is 0 Å². The minimum absolute atomic E-state index is 0.150. The van der Waals surface area contributed by atoms with Crippen LogP contribution >= 0.6 is 0 Å². The van der Waals surface area contributed by atoms with Crippen LogP contribution in [0.15, 0.2) is 41.9 Å². The summed E-state index contributed by atoms with van der Waals surface area (Å²) in [6, 6.07) is 0. The first kappa shape index (κ1) is 9.42. The van der Waals surface area contributed by atoms with Crippen molar-refractivity contribution >= 4 is 5.84 Å². The summed E-state index contributed by atoms with van der Waals surface area (Å²) >= 11 is 0. The Morgan fingerprint density at radius 3 is 2.36 bits per heavy atom. The normalized spacial score (nSPS) is 11.9. The molecule has 11 heavy (non-hydrogen) atoms. The number of halogens is 1. The maximum Gasteiger partial charge on any atom is 0.169 e. The molecule has 0 fully saturated rings. The van der Waals surface area contributed by atoms with Crippen LogP contribution in [-0.2, 0) is 0 Å². The molecule has 60 valence electrons. The highest BCUT2D eigenvalue weighted by Gasteiger charge is 1.93. The molecule has 0 amide bonds. The number of nitrogens with two attached hydrogens (primary N) is 1. The average Bonchev–Trinajstić information content (AvgIpc) is 1.98. The fourth-order valence-electron chi connectivity index (χ4n) is 0.341. The lowest BCUT2D eigenvalue weighted by atomic mass is 10.2. The highest BCUT2D eigenvalue weighted by Crippen LogP contribution is 1.98. The predicted molar refractivity (Wildman–Crippen MR) is 41.9 cm³/mol. The maximum absolute atomic E-state index is 12.0. The second-order valence-corrected chi connectivity index (χ2v) is 1.79. The van der Waals surface area contributed by atoms with Gasteiger partial charge in [0, 0.05) is 5.57 Å². The van der Waals surface area contributed by atoms with Crippen molar-refractivity contribution in [1.29, 1.82) is 0 Å². The van der Waals surface area contributed by atoms with Gasteiger partial charge in [-0.1, -0.05) is 18.3 Å². The van der Waals surface area contributed by atoms with Gasteiger partial charge >= 0.3 is 0 Å². The second kappa shape index (κ2) is 4.27. The Balaban J connectivity index is 4.19. The molecule has 3 N–H and O–H groups in total. The summed E-state index contributed by atoms with van der Waals surface area (Å²) in [4.78, 5) is 0. The van der Waals surface area contributed by atoms with E-state index in [1.165, 1.54) is 6.08 Å². The SMILES string of the molecule is C=C(F)/C=C\C(=C)/C(N)=N/O. The minimum atomic E-state index is -0.614. The second-order valence-electron chi connectivity index (χ2n) is 1.79. The molecule has 0 unspecified atom stereocenters. The Morgan fingerprint density at radius 1 is 1.45 bits per heavy atom. The first-order valence-electron chi connectivity index (χ1n) is 2.77. The number of rotatable bonds is 3. The zero-order chi connectivity index (χ0) is 8.85. The van der Waals surface area contributed by atoms with E-state index >= 15 is 0 Å². The van der Waals surface area contributed by atoms with Crippen LogP contribution in [-0.4, -0.2) is 11.0 Å². The third kappa shape index (κ3) is 3.91. The number of oxime groups is 1. The van der Waals surface area contributed by atoms with Gasteiger partial charge in [-0.2, -0.15) is 0 Å². The number of allylic oxidation sites excluding steroid dienone is 2. The van der Waals surface area contributed by atoms with Gasteiger partial charge in [-0.25, -0.2) is 4.39 Å². The van der Waals surface area contributed by atoms with Crippen LogP contribution in [0.3, 0.4) is 0 Å². The molecule has 0 rings (SSSR count). The lowest BCUT2D eigenvalue weighted by Gasteiger charge is -1.93. The Labute approximate surface area is 64.0 Å². The summed E-state index contributed by atoms with van der Waals surface area (Å²) < 4.78 is 12.0.